The van der Waals surface area contributed by atoms with Gasteiger partial charge in [0.15, 0.2) is 0 Å². The highest BCUT2D eigenvalue weighted by Gasteiger charge is 2.08. The standard InChI is InChI=1S/C8H21NO2Si.C8H16O4Si/c1-4-5-6-9-7-12-8(10-2)11-3;1-6(2)7(9)12-5-13-8(10-3)11-4/h8-9H,4-7,12H2,1-3H3;8H,1,5,13H2,2-4H3. The highest BCUT2D eigenvalue weighted by Crippen LogP contribution is 1.93. The minimum atomic E-state index is -0.678. The van der Waals surface area contributed by atoms with Gasteiger partial charge in [-0.3, -0.25) is 0 Å². The first-order chi connectivity index (χ1) is 12.0. The van der Waals surface area contributed by atoms with Crippen molar-refractivity contribution in [2.45, 2.75) is 38.5 Å². The molecule has 0 aromatic heterocycles. The Morgan fingerprint density at radius 2 is 1.56 bits per heavy atom. The second-order valence-electron chi connectivity index (χ2n) is 5.40. The van der Waals surface area contributed by atoms with Gasteiger partial charge in [-0.15, -0.1) is 0 Å². The van der Waals surface area contributed by atoms with E-state index in [0.29, 0.717) is 11.8 Å². The molecule has 0 bridgehead atoms. The third kappa shape index (κ3) is 18.0. The van der Waals surface area contributed by atoms with Crippen LogP contribution in [-0.2, 0) is 28.5 Å². The van der Waals surface area contributed by atoms with Crippen molar-refractivity contribution in [1.82, 2.24) is 5.32 Å². The molecule has 0 rings (SSSR count). The Bertz CT molecular complexity index is 326. The van der Waals surface area contributed by atoms with Crippen LogP contribution in [0.2, 0.25) is 0 Å². The molecule has 150 valence electrons. The van der Waals surface area contributed by atoms with E-state index in [0.717, 1.165) is 12.7 Å². The molecular weight excluding hydrogens is 358 g/mol. The van der Waals surface area contributed by atoms with Crippen LogP contribution >= 0.6 is 0 Å². The van der Waals surface area contributed by atoms with E-state index in [-0.39, 0.29) is 27.3 Å². The number of carbonyl (C=O) groups is 1. The van der Waals surface area contributed by atoms with Crippen LogP contribution in [0.25, 0.3) is 0 Å². The molecule has 0 atom stereocenters. The summed E-state index contributed by atoms with van der Waals surface area (Å²) in [4.78, 5) is 10.9. The van der Waals surface area contributed by atoms with Gasteiger partial charge in [-0.05, 0) is 26.1 Å². The van der Waals surface area contributed by atoms with E-state index in [1.54, 1.807) is 35.4 Å². The molecule has 0 aliphatic heterocycles. The summed E-state index contributed by atoms with van der Waals surface area (Å²) in [6, 6.07) is 0. The van der Waals surface area contributed by atoms with Gasteiger partial charge in [0.25, 0.3) is 0 Å². The average molecular weight is 396 g/mol. The lowest BCUT2D eigenvalue weighted by molar-refractivity contribution is -0.137. The zero-order valence-electron chi connectivity index (χ0n) is 16.8. The van der Waals surface area contributed by atoms with Gasteiger partial charge in [-0.25, -0.2) is 4.79 Å². The molecule has 0 radical (unpaired) electrons. The van der Waals surface area contributed by atoms with Crippen molar-refractivity contribution in [2.75, 3.05) is 47.4 Å². The highest BCUT2D eigenvalue weighted by atomic mass is 28.2. The zero-order chi connectivity index (χ0) is 19.5. The Labute approximate surface area is 157 Å². The summed E-state index contributed by atoms with van der Waals surface area (Å²) in [5.41, 5.74) is 0.417. The van der Waals surface area contributed by atoms with Gasteiger partial charge in [-0.1, -0.05) is 19.9 Å². The molecule has 25 heavy (non-hydrogen) atoms. The van der Waals surface area contributed by atoms with E-state index >= 15 is 0 Å². The van der Waals surface area contributed by atoms with E-state index in [9.17, 15) is 4.79 Å². The van der Waals surface area contributed by atoms with E-state index in [1.807, 2.05) is 0 Å². The fourth-order valence-electron chi connectivity index (χ4n) is 1.68. The molecule has 0 aliphatic rings. The first-order valence-corrected chi connectivity index (χ1v) is 12.2. The van der Waals surface area contributed by atoms with Gasteiger partial charge in [0.2, 0.25) is 0 Å². The van der Waals surface area contributed by atoms with E-state index < -0.39 is 9.52 Å². The van der Waals surface area contributed by atoms with E-state index in [2.05, 4.69) is 18.8 Å². The van der Waals surface area contributed by atoms with E-state index in [1.165, 1.54) is 12.8 Å². The maximum Gasteiger partial charge on any atom is 0.332 e. The minimum Gasteiger partial charge on any atom is -0.467 e. The predicted octanol–water partition coefficient (Wildman–Crippen LogP) is -0.113. The van der Waals surface area contributed by atoms with Crippen molar-refractivity contribution in [3.05, 3.63) is 12.2 Å². The molecule has 0 aromatic carbocycles. The van der Waals surface area contributed by atoms with Crippen molar-refractivity contribution in [2.24, 2.45) is 0 Å². The SMILES string of the molecule is C=C(C)C(=O)OC[SiH2]C(OC)OC.CCCCNC[SiH2]C(OC)OC. The summed E-state index contributed by atoms with van der Waals surface area (Å²) in [7, 11) is 5.61. The molecule has 7 nitrogen and oxygen atoms in total. The molecule has 0 aliphatic carbocycles. The predicted molar refractivity (Wildman–Crippen MR) is 106 cm³/mol. The van der Waals surface area contributed by atoms with Crippen LogP contribution in [0.15, 0.2) is 12.2 Å². The Balaban J connectivity index is 0. The smallest absolute Gasteiger partial charge is 0.332 e. The van der Waals surface area contributed by atoms with Gasteiger partial charge in [0.1, 0.15) is 30.9 Å². The van der Waals surface area contributed by atoms with Crippen LogP contribution in [0.4, 0.5) is 0 Å². The lowest BCUT2D eigenvalue weighted by Crippen LogP contribution is -2.31. The summed E-state index contributed by atoms with van der Waals surface area (Å²) in [6.07, 6.45) is 4.04. The van der Waals surface area contributed by atoms with Gasteiger partial charge >= 0.3 is 5.97 Å². The number of hydrogen-bond acceptors (Lipinski definition) is 7. The first-order valence-electron chi connectivity index (χ1n) is 8.61. The lowest BCUT2D eigenvalue weighted by Gasteiger charge is -2.12. The maximum atomic E-state index is 10.9. The second kappa shape index (κ2) is 19.8. The van der Waals surface area contributed by atoms with Crippen molar-refractivity contribution in [1.29, 1.82) is 0 Å². The van der Waals surface area contributed by atoms with Crippen molar-refractivity contribution >= 4 is 25.0 Å². The molecule has 0 fully saturated rings. The number of esters is 1. The Morgan fingerprint density at radius 3 is 2.00 bits per heavy atom. The molecule has 0 saturated heterocycles. The minimum absolute atomic E-state index is 0.0825. The largest absolute Gasteiger partial charge is 0.467 e. The summed E-state index contributed by atoms with van der Waals surface area (Å²) < 4.78 is 25.0. The number of hydrogen-bond donors (Lipinski definition) is 1. The molecule has 1 N–H and O–H groups in total. The van der Waals surface area contributed by atoms with Crippen LogP contribution < -0.4 is 5.32 Å². The van der Waals surface area contributed by atoms with Crippen LogP contribution in [0.3, 0.4) is 0 Å². The topological polar surface area (TPSA) is 75.3 Å². The van der Waals surface area contributed by atoms with Crippen molar-refractivity contribution in [3.63, 3.8) is 0 Å². The van der Waals surface area contributed by atoms with Crippen molar-refractivity contribution < 1.29 is 28.5 Å². The molecule has 0 aromatic rings. The Hall–Kier alpha value is -0.556. The first kappa shape index (κ1) is 26.7. The van der Waals surface area contributed by atoms with Crippen LogP contribution in [0, 0.1) is 0 Å². The highest BCUT2D eigenvalue weighted by molar-refractivity contribution is 6.37. The Morgan fingerprint density at radius 1 is 1.04 bits per heavy atom. The van der Waals surface area contributed by atoms with Gasteiger partial charge in [0.05, 0.1) is 6.23 Å². The third-order valence-electron chi connectivity index (χ3n) is 3.25. The second-order valence-corrected chi connectivity index (χ2v) is 8.80. The number of ether oxygens (including phenoxy) is 5. The number of nitrogens with one attached hydrogen (secondary N) is 1. The number of unbranched alkanes of at least 4 members (excludes halogenated alkanes) is 1. The fraction of sp³-hybridized carbons (Fsp3) is 0.812. The molecule has 0 unspecified atom stereocenters. The van der Waals surface area contributed by atoms with Crippen LogP contribution in [0.5, 0.6) is 0 Å². The monoisotopic (exact) mass is 395 g/mol. The van der Waals surface area contributed by atoms with Gasteiger partial charge in [0, 0.05) is 34.0 Å². The number of rotatable bonds is 14. The number of carbonyl (C=O) groups excluding carboxylic acids is 1. The van der Waals surface area contributed by atoms with Gasteiger partial charge in [-0.2, -0.15) is 0 Å². The summed E-state index contributed by atoms with van der Waals surface area (Å²) in [6.45, 7) is 8.42. The quantitative estimate of drug-likeness (QED) is 0.145. The maximum absolute atomic E-state index is 10.9. The fourth-order valence-corrected chi connectivity index (χ4v) is 3.81. The lowest BCUT2D eigenvalue weighted by atomic mass is 10.3. The van der Waals surface area contributed by atoms with Crippen LogP contribution in [0.1, 0.15) is 26.7 Å². The molecule has 0 heterocycles. The van der Waals surface area contributed by atoms with Gasteiger partial charge < -0.3 is 29.0 Å². The van der Waals surface area contributed by atoms with Crippen molar-refractivity contribution in [3.8, 4) is 0 Å². The number of methoxy groups -OCH3 is 4. The average Bonchev–Trinajstić information content (AvgIpc) is 2.62. The molecule has 0 spiro atoms. The molecular formula is C16H37NO6Si2. The summed E-state index contributed by atoms with van der Waals surface area (Å²) in [5.74, 6) is -0.449. The molecule has 9 heteroatoms. The molecule has 0 saturated carbocycles. The summed E-state index contributed by atoms with van der Waals surface area (Å²) in [5, 5.41) is 3.39. The Kier molecular flexibility index (Phi) is 21.1. The van der Waals surface area contributed by atoms with Crippen LogP contribution in [-0.4, -0.2) is 84.2 Å². The zero-order valence-corrected chi connectivity index (χ0v) is 19.6. The summed E-state index contributed by atoms with van der Waals surface area (Å²) >= 11 is 0. The normalized spacial score (nSPS) is 11.5. The third-order valence-corrected chi connectivity index (χ3v) is 6.61. The molecule has 0 amide bonds. The van der Waals surface area contributed by atoms with E-state index in [4.69, 9.17) is 23.7 Å².